The number of fused-ring (bicyclic) bond motifs is 5. The second kappa shape index (κ2) is 16.5. The van der Waals surface area contributed by atoms with Crippen LogP contribution < -0.4 is 9.80 Å². The fourth-order valence-corrected chi connectivity index (χ4v) is 10.6. The average molecular weight is 857 g/mol. The largest absolute Gasteiger partial charge is 0.310 e. The molecule has 0 amide bonds. The SMILES string of the molecule is CC1(C)c2ccccc2-c2ccc(N(c3cc(-c4c(-c5ccccc5)cc5ccccc5c4-c4ccccc4)cc(N(c4ccccc4)c4ccccc4)c3)c3ccc4ccccc4c3)cc21. The molecule has 0 fully saturated rings. The minimum absolute atomic E-state index is 0.179. The van der Waals surface area contributed by atoms with Crippen LogP contribution in [0.5, 0.6) is 0 Å². The fourth-order valence-electron chi connectivity index (χ4n) is 10.6. The van der Waals surface area contributed by atoms with Gasteiger partial charge in [0.2, 0.25) is 0 Å². The lowest BCUT2D eigenvalue weighted by molar-refractivity contribution is 0.660. The number of nitrogens with zero attached hydrogens (tertiary/aromatic N) is 2. The molecule has 0 heterocycles. The lowest BCUT2D eigenvalue weighted by atomic mass is 9.82. The van der Waals surface area contributed by atoms with E-state index in [0.29, 0.717) is 0 Å². The van der Waals surface area contributed by atoms with E-state index in [1.54, 1.807) is 0 Å². The van der Waals surface area contributed by atoms with Gasteiger partial charge in [-0.1, -0.05) is 196 Å². The predicted octanol–water partition coefficient (Wildman–Crippen LogP) is 18.2. The molecule has 0 bridgehead atoms. The summed E-state index contributed by atoms with van der Waals surface area (Å²) in [5, 5.41) is 4.82. The van der Waals surface area contributed by atoms with Gasteiger partial charge in [0.1, 0.15) is 0 Å². The number of para-hydroxylation sites is 2. The van der Waals surface area contributed by atoms with Crippen LogP contribution in [0.3, 0.4) is 0 Å². The maximum absolute atomic E-state index is 2.48. The van der Waals surface area contributed by atoms with Crippen molar-refractivity contribution < 1.29 is 0 Å². The molecule has 1 aliphatic rings. The summed E-state index contributed by atoms with van der Waals surface area (Å²) < 4.78 is 0. The van der Waals surface area contributed by atoms with Gasteiger partial charge in [-0.2, -0.15) is 0 Å². The molecule has 0 atom stereocenters. The highest BCUT2D eigenvalue weighted by molar-refractivity contribution is 6.11. The Morgan fingerprint density at radius 2 is 0.776 bits per heavy atom. The second-order valence-electron chi connectivity index (χ2n) is 18.1. The van der Waals surface area contributed by atoms with Crippen molar-refractivity contribution in [3.05, 3.63) is 266 Å². The van der Waals surface area contributed by atoms with Gasteiger partial charge in [-0.05, 0) is 150 Å². The molecule has 318 valence electrons. The van der Waals surface area contributed by atoms with Gasteiger partial charge in [-0.25, -0.2) is 0 Å². The molecule has 2 nitrogen and oxygen atoms in total. The van der Waals surface area contributed by atoms with Crippen LogP contribution in [0.2, 0.25) is 0 Å². The molecule has 11 aromatic rings. The quantitative estimate of drug-likeness (QED) is 0.143. The molecule has 2 heteroatoms. The first-order valence-electron chi connectivity index (χ1n) is 23.3. The van der Waals surface area contributed by atoms with E-state index in [2.05, 4.69) is 278 Å². The molecule has 0 N–H and O–H groups in total. The average Bonchev–Trinajstić information content (AvgIpc) is 3.62. The molecule has 0 spiro atoms. The van der Waals surface area contributed by atoms with E-state index in [1.165, 1.54) is 71.6 Å². The van der Waals surface area contributed by atoms with Crippen LogP contribution in [-0.4, -0.2) is 0 Å². The van der Waals surface area contributed by atoms with Crippen molar-refractivity contribution in [1.29, 1.82) is 0 Å². The minimum atomic E-state index is -0.179. The Balaban J connectivity index is 1.21. The zero-order valence-corrected chi connectivity index (χ0v) is 37.6. The lowest BCUT2D eigenvalue weighted by Crippen LogP contribution is -2.17. The summed E-state index contributed by atoms with van der Waals surface area (Å²) in [6.07, 6.45) is 0. The summed E-state index contributed by atoms with van der Waals surface area (Å²) >= 11 is 0. The van der Waals surface area contributed by atoms with Gasteiger partial charge in [-0.15, -0.1) is 0 Å². The van der Waals surface area contributed by atoms with Crippen molar-refractivity contribution in [3.63, 3.8) is 0 Å². The van der Waals surface area contributed by atoms with Crippen LogP contribution in [0.1, 0.15) is 25.0 Å². The maximum Gasteiger partial charge on any atom is 0.0488 e. The van der Waals surface area contributed by atoms with E-state index in [9.17, 15) is 0 Å². The van der Waals surface area contributed by atoms with E-state index in [0.717, 1.165) is 39.7 Å². The Hall–Kier alpha value is -8.46. The lowest BCUT2D eigenvalue weighted by Gasteiger charge is -2.32. The molecule has 12 rings (SSSR count). The topological polar surface area (TPSA) is 6.48 Å². The number of benzene rings is 11. The summed E-state index contributed by atoms with van der Waals surface area (Å²) in [6.45, 7) is 4.74. The third kappa shape index (κ3) is 7.06. The summed E-state index contributed by atoms with van der Waals surface area (Å²) in [5.41, 5.74) is 18.6. The Morgan fingerprint density at radius 1 is 0.269 bits per heavy atom. The molecular weight excluding hydrogens is 809 g/mol. The van der Waals surface area contributed by atoms with E-state index >= 15 is 0 Å². The van der Waals surface area contributed by atoms with Gasteiger partial charge < -0.3 is 9.80 Å². The Kier molecular flexibility index (Phi) is 9.88. The highest BCUT2D eigenvalue weighted by Crippen LogP contribution is 2.53. The molecule has 0 radical (unpaired) electrons. The predicted molar refractivity (Wildman–Crippen MR) is 285 cm³/mol. The zero-order chi connectivity index (χ0) is 44.9. The van der Waals surface area contributed by atoms with Crippen molar-refractivity contribution in [1.82, 2.24) is 0 Å². The number of rotatable bonds is 9. The third-order valence-electron chi connectivity index (χ3n) is 13.7. The Bertz CT molecular complexity index is 3560. The highest BCUT2D eigenvalue weighted by Gasteiger charge is 2.36. The minimum Gasteiger partial charge on any atom is -0.310 e. The summed E-state index contributed by atoms with van der Waals surface area (Å²) in [4.78, 5) is 4.89. The van der Waals surface area contributed by atoms with Gasteiger partial charge in [-0.3, -0.25) is 0 Å². The first-order valence-corrected chi connectivity index (χ1v) is 23.3. The van der Waals surface area contributed by atoms with Crippen molar-refractivity contribution in [2.75, 3.05) is 9.80 Å². The number of hydrogen-bond acceptors (Lipinski definition) is 2. The van der Waals surface area contributed by atoms with Gasteiger partial charge in [0.15, 0.2) is 0 Å². The van der Waals surface area contributed by atoms with Crippen LogP contribution in [0.25, 0.3) is 66.1 Å². The van der Waals surface area contributed by atoms with E-state index in [1.807, 2.05) is 0 Å². The molecule has 67 heavy (non-hydrogen) atoms. The highest BCUT2D eigenvalue weighted by atomic mass is 15.2. The van der Waals surface area contributed by atoms with E-state index in [4.69, 9.17) is 0 Å². The van der Waals surface area contributed by atoms with Crippen molar-refractivity contribution in [2.45, 2.75) is 19.3 Å². The first-order chi connectivity index (χ1) is 33.0. The van der Waals surface area contributed by atoms with Crippen LogP contribution in [0.4, 0.5) is 34.1 Å². The van der Waals surface area contributed by atoms with Crippen LogP contribution in [0, 0.1) is 0 Å². The van der Waals surface area contributed by atoms with E-state index in [-0.39, 0.29) is 5.41 Å². The van der Waals surface area contributed by atoms with Gasteiger partial charge in [0.05, 0.1) is 0 Å². The van der Waals surface area contributed by atoms with Crippen LogP contribution >= 0.6 is 0 Å². The van der Waals surface area contributed by atoms with Crippen molar-refractivity contribution in [2.24, 2.45) is 0 Å². The zero-order valence-electron chi connectivity index (χ0n) is 37.6. The Morgan fingerprint density at radius 3 is 1.46 bits per heavy atom. The third-order valence-corrected chi connectivity index (χ3v) is 13.7. The summed E-state index contributed by atoms with van der Waals surface area (Å²) in [5.74, 6) is 0. The first kappa shape index (κ1) is 40.1. The molecule has 1 aliphatic carbocycles. The molecule has 0 aromatic heterocycles. The molecular formula is C65H48N2. The second-order valence-corrected chi connectivity index (χ2v) is 18.1. The summed E-state index contributed by atoms with van der Waals surface area (Å²) in [6, 6.07) is 93.5. The molecule has 0 aliphatic heterocycles. The molecule has 0 unspecified atom stereocenters. The monoisotopic (exact) mass is 856 g/mol. The van der Waals surface area contributed by atoms with Gasteiger partial charge in [0, 0.05) is 39.5 Å². The number of hydrogen-bond donors (Lipinski definition) is 0. The Labute approximate surface area is 393 Å². The van der Waals surface area contributed by atoms with Crippen LogP contribution in [-0.2, 0) is 5.41 Å². The molecule has 0 saturated carbocycles. The van der Waals surface area contributed by atoms with E-state index < -0.39 is 0 Å². The smallest absolute Gasteiger partial charge is 0.0488 e. The van der Waals surface area contributed by atoms with Crippen molar-refractivity contribution >= 4 is 55.7 Å². The normalized spacial score (nSPS) is 12.4. The number of anilines is 6. The summed E-state index contributed by atoms with van der Waals surface area (Å²) in [7, 11) is 0. The molecule has 11 aromatic carbocycles. The van der Waals surface area contributed by atoms with Crippen molar-refractivity contribution in [3.8, 4) is 44.5 Å². The van der Waals surface area contributed by atoms with Crippen LogP contribution in [0.15, 0.2) is 255 Å². The van der Waals surface area contributed by atoms with Gasteiger partial charge in [0.25, 0.3) is 0 Å². The standard InChI is InChI=1S/C65H48N2/c1-65(2)61-34-20-19-33-58(61)59-38-37-54(44-62(59)65)67(53-36-35-45-21-15-16-26-48(45)39-53)56-41-50(40-55(43-56)66(51-28-11-5-12-29-51)52-30-13-6-14-31-52)64-60(46-22-7-3-8-23-46)42-49-27-17-18-32-57(49)63(64)47-24-9-4-10-25-47/h3-44H,1-2H3. The maximum atomic E-state index is 2.48. The molecule has 0 saturated heterocycles. The fraction of sp³-hybridized carbons (Fsp3) is 0.0462. The van der Waals surface area contributed by atoms with Gasteiger partial charge >= 0.3 is 0 Å².